The van der Waals surface area contributed by atoms with Crippen LogP contribution in [-0.2, 0) is 14.8 Å². The van der Waals surface area contributed by atoms with Gasteiger partial charge in [-0.1, -0.05) is 0 Å². The summed E-state index contributed by atoms with van der Waals surface area (Å²) in [5, 5.41) is 26.6. The maximum absolute atomic E-state index is 12.2. The summed E-state index contributed by atoms with van der Waals surface area (Å²) < 4.78 is 31.8. The smallest absolute Gasteiger partial charge is 0.341 e. The predicted molar refractivity (Wildman–Crippen MR) is 89.8 cm³/mol. The third-order valence-electron chi connectivity index (χ3n) is 3.20. The van der Waals surface area contributed by atoms with Crippen molar-refractivity contribution in [2.24, 2.45) is 0 Å². The van der Waals surface area contributed by atoms with Crippen molar-refractivity contribution in [2.75, 3.05) is 19.8 Å². The van der Waals surface area contributed by atoms with E-state index in [-0.39, 0.29) is 29.4 Å². The molecule has 10 heteroatoms. The highest BCUT2D eigenvalue weighted by molar-refractivity contribution is 7.89. The zero-order chi connectivity index (χ0) is 19.2. The number of aromatic nitrogens is 1. The molecule has 0 saturated heterocycles. The van der Waals surface area contributed by atoms with Gasteiger partial charge in [0.05, 0.1) is 18.2 Å². The molecular formula is C16H15N3O6S. The number of carbonyl (C=O) groups is 1. The Hall–Kier alpha value is -3.00. The molecule has 1 aromatic heterocycles. The first-order chi connectivity index (χ1) is 12.4. The average Bonchev–Trinajstić information content (AvgIpc) is 2.64. The molecule has 26 heavy (non-hydrogen) atoms. The molecule has 0 atom stereocenters. The number of nitrogens with one attached hydrogen (secondary N) is 1. The van der Waals surface area contributed by atoms with E-state index in [1.165, 1.54) is 30.5 Å². The highest BCUT2D eigenvalue weighted by Crippen LogP contribution is 2.31. The molecular weight excluding hydrogens is 362 g/mol. The number of carboxylic acid groups (broad SMARTS) is 1. The first-order valence-electron chi connectivity index (χ1n) is 7.32. The molecule has 0 amide bonds. The van der Waals surface area contributed by atoms with Gasteiger partial charge in [-0.05, 0) is 24.3 Å². The number of aliphatic hydroxyl groups is 1. The Morgan fingerprint density at radius 3 is 2.73 bits per heavy atom. The lowest BCUT2D eigenvalue weighted by Crippen LogP contribution is -2.26. The number of benzene rings is 1. The first kappa shape index (κ1) is 19.3. The Morgan fingerprint density at radius 2 is 2.08 bits per heavy atom. The lowest BCUT2D eigenvalue weighted by molar-refractivity contribution is -0.139. The minimum absolute atomic E-state index is 0.144. The molecule has 0 aliphatic carbocycles. The molecule has 1 aromatic carbocycles. The number of sulfonamides is 1. The van der Waals surface area contributed by atoms with Crippen LogP contribution in [0.4, 0.5) is 0 Å². The number of aliphatic carboxylic acids is 1. The summed E-state index contributed by atoms with van der Waals surface area (Å²) in [7, 11) is -3.88. The summed E-state index contributed by atoms with van der Waals surface area (Å²) in [6.07, 6.45) is 2.50. The minimum Gasteiger partial charge on any atom is -0.481 e. The van der Waals surface area contributed by atoms with Crippen LogP contribution in [0.1, 0.15) is 5.56 Å². The van der Waals surface area contributed by atoms with Crippen LogP contribution in [0.2, 0.25) is 0 Å². The molecule has 1 heterocycles. The number of nitrogens with zero attached hydrogens (tertiary/aromatic N) is 2. The fourth-order valence-corrected chi connectivity index (χ4v) is 3.08. The average molecular weight is 377 g/mol. The standard InChI is InChI=1S/C16H15N3O6S/c17-7-11-1-2-15(25-10-16(21)22)14(5-11)12-6-13(9-18-8-12)26(23,24)19-3-4-20/h1-2,5-6,8-9,19-20H,3-4,10H2,(H,21,22). The Bertz CT molecular complexity index is 953. The van der Waals surface area contributed by atoms with Gasteiger partial charge in [0, 0.05) is 30.1 Å². The van der Waals surface area contributed by atoms with Crippen LogP contribution in [0.15, 0.2) is 41.6 Å². The Labute approximate surface area is 149 Å². The van der Waals surface area contributed by atoms with Gasteiger partial charge in [-0.25, -0.2) is 17.9 Å². The van der Waals surface area contributed by atoms with Crippen molar-refractivity contribution in [3.8, 4) is 22.9 Å². The van der Waals surface area contributed by atoms with Gasteiger partial charge in [0.2, 0.25) is 10.0 Å². The maximum atomic E-state index is 12.2. The number of ether oxygens (including phenoxy) is 1. The van der Waals surface area contributed by atoms with E-state index in [0.717, 1.165) is 6.20 Å². The lowest BCUT2D eigenvalue weighted by atomic mass is 10.0. The van der Waals surface area contributed by atoms with Crippen molar-refractivity contribution < 1.29 is 28.2 Å². The number of carboxylic acids is 1. The fourth-order valence-electron chi connectivity index (χ4n) is 2.07. The second-order valence-corrected chi connectivity index (χ2v) is 6.80. The SMILES string of the molecule is N#Cc1ccc(OCC(=O)O)c(-c2cncc(S(=O)(=O)NCCO)c2)c1. The molecule has 0 radical (unpaired) electrons. The van der Waals surface area contributed by atoms with E-state index in [9.17, 15) is 13.2 Å². The third-order valence-corrected chi connectivity index (χ3v) is 4.63. The molecule has 3 N–H and O–H groups in total. The van der Waals surface area contributed by atoms with Crippen LogP contribution >= 0.6 is 0 Å². The molecule has 0 fully saturated rings. The van der Waals surface area contributed by atoms with Gasteiger partial charge in [-0.2, -0.15) is 5.26 Å². The van der Waals surface area contributed by atoms with E-state index < -0.39 is 22.6 Å². The van der Waals surface area contributed by atoms with Crippen molar-refractivity contribution in [3.05, 3.63) is 42.2 Å². The quantitative estimate of drug-likeness (QED) is 0.596. The monoisotopic (exact) mass is 377 g/mol. The number of nitriles is 1. The summed E-state index contributed by atoms with van der Waals surface area (Å²) in [6, 6.07) is 7.61. The van der Waals surface area contributed by atoms with Gasteiger partial charge >= 0.3 is 5.97 Å². The van der Waals surface area contributed by atoms with Gasteiger partial charge in [0.1, 0.15) is 10.6 Å². The zero-order valence-electron chi connectivity index (χ0n) is 13.4. The van der Waals surface area contributed by atoms with Gasteiger partial charge in [0.25, 0.3) is 0 Å². The zero-order valence-corrected chi connectivity index (χ0v) is 14.2. The number of aliphatic hydroxyl groups excluding tert-OH is 1. The summed E-state index contributed by atoms with van der Waals surface area (Å²) in [6.45, 7) is -1.10. The summed E-state index contributed by atoms with van der Waals surface area (Å²) in [5.74, 6) is -1.01. The largest absolute Gasteiger partial charge is 0.481 e. The molecule has 0 spiro atoms. The molecule has 136 valence electrons. The van der Waals surface area contributed by atoms with E-state index in [1.54, 1.807) is 0 Å². The van der Waals surface area contributed by atoms with Gasteiger partial charge in [-0.3, -0.25) is 4.98 Å². The molecule has 0 aliphatic rings. The molecule has 9 nitrogen and oxygen atoms in total. The van der Waals surface area contributed by atoms with Crippen LogP contribution < -0.4 is 9.46 Å². The van der Waals surface area contributed by atoms with Crippen molar-refractivity contribution >= 4 is 16.0 Å². The van der Waals surface area contributed by atoms with E-state index >= 15 is 0 Å². The Morgan fingerprint density at radius 1 is 1.31 bits per heavy atom. The number of rotatable bonds is 8. The second-order valence-electron chi connectivity index (χ2n) is 5.04. The normalized spacial score (nSPS) is 10.9. The summed E-state index contributed by atoms with van der Waals surface area (Å²) >= 11 is 0. The molecule has 0 aliphatic heterocycles. The van der Waals surface area contributed by atoms with E-state index in [1.807, 2.05) is 6.07 Å². The first-order valence-corrected chi connectivity index (χ1v) is 8.80. The van der Waals surface area contributed by atoms with E-state index in [4.69, 9.17) is 20.2 Å². The van der Waals surface area contributed by atoms with Crippen LogP contribution in [0.25, 0.3) is 11.1 Å². The lowest BCUT2D eigenvalue weighted by Gasteiger charge is -2.12. The third kappa shape index (κ3) is 4.76. The van der Waals surface area contributed by atoms with Gasteiger partial charge in [0.15, 0.2) is 6.61 Å². The molecule has 2 rings (SSSR count). The minimum atomic E-state index is -3.88. The van der Waals surface area contributed by atoms with Crippen molar-refractivity contribution in [3.63, 3.8) is 0 Å². The predicted octanol–water partition coefficient (Wildman–Crippen LogP) is 0.354. The number of hydrogen-bond acceptors (Lipinski definition) is 7. The van der Waals surface area contributed by atoms with Crippen LogP contribution in [-0.4, -0.2) is 49.3 Å². The molecule has 0 bridgehead atoms. The van der Waals surface area contributed by atoms with Gasteiger partial charge < -0.3 is 14.9 Å². The van der Waals surface area contributed by atoms with E-state index in [0.29, 0.717) is 11.1 Å². The second kappa shape index (κ2) is 8.39. The van der Waals surface area contributed by atoms with Gasteiger partial charge in [-0.15, -0.1) is 0 Å². The summed E-state index contributed by atoms with van der Waals surface area (Å²) in [5.41, 5.74) is 0.945. The van der Waals surface area contributed by atoms with Crippen molar-refractivity contribution in [1.29, 1.82) is 5.26 Å². The molecule has 2 aromatic rings. The fraction of sp³-hybridized carbons (Fsp3) is 0.188. The topological polar surface area (TPSA) is 150 Å². The number of hydrogen-bond donors (Lipinski definition) is 3. The van der Waals surface area contributed by atoms with Crippen LogP contribution in [0.5, 0.6) is 5.75 Å². The van der Waals surface area contributed by atoms with Crippen molar-refractivity contribution in [1.82, 2.24) is 9.71 Å². The molecule has 0 saturated carbocycles. The maximum Gasteiger partial charge on any atom is 0.341 e. The Balaban J connectivity index is 2.49. The highest BCUT2D eigenvalue weighted by Gasteiger charge is 2.17. The van der Waals surface area contributed by atoms with E-state index in [2.05, 4.69) is 9.71 Å². The van der Waals surface area contributed by atoms with Crippen LogP contribution in [0.3, 0.4) is 0 Å². The highest BCUT2D eigenvalue weighted by atomic mass is 32.2. The van der Waals surface area contributed by atoms with Crippen molar-refractivity contribution in [2.45, 2.75) is 4.90 Å². The summed E-state index contributed by atoms with van der Waals surface area (Å²) in [4.78, 5) is 14.5. The number of pyridine rings is 1. The van der Waals surface area contributed by atoms with Crippen LogP contribution in [0, 0.1) is 11.3 Å². The Kier molecular flexibility index (Phi) is 6.24. The molecule has 0 unspecified atom stereocenters.